The van der Waals surface area contributed by atoms with Crippen LogP contribution in [0, 0.1) is 10.1 Å². The number of rotatable bonds is 7. The van der Waals surface area contributed by atoms with E-state index in [0.717, 1.165) is 31.9 Å². The molecule has 9 nitrogen and oxygen atoms in total. The molecule has 2 rings (SSSR count). The molecule has 138 valence electrons. The number of hydrogen-bond donors (Lipinski definition) is 2. The molecule has 1 saturated heterocycles. The van der Waals surface area contributed by atoms with Crippen LogP contribution in [0.2, 0.25) is 0 Å². The first-order valence-electron chi connectivity index (χ1n) is 8.12. The van der Waals surface area contributed by atoms with Gasteiger partial charge in [-0.25, -0.2) is 13.6 Å². The molecule has 1 aliphatic heterocycles. The number of nitrogens with one attached hydrogen (secondary N) is 1. The number of amides is 1. The normalized spacial score (nSPS) is 15.7. The van der Waals surface area contributed by atoms with Gasteiger partial charge in [-0.3, -0.25) is 14.9 Å². The van der Waals surface area contributed by atoms with Crippen LogP contribution in [-0.4, -0.2) is 43.8 Å². The monoisotopic (exact) mass is 370 g/mol. The van der Waals surface area contributed by atoms with Crippen LogP contribution < -0.4 is 10.5 Å². The van der Waals surface area contributed by atoms with Crippen LogP contribution in [0.1, 0.15) is 32.1 Å². The molecule has 0 spiro atoms. The van der Waals surface area contributed by atoms with E-state index in [4.69, 9.17) is 5.14 Å². The lowest BCUT2D eigenvalue weighted by atomic mass is 10.2. The summed E-state index contributed by atoms with van der Waals surface area (Å²) in [5.74, 6) is 0.154. The second kappa shape index (κ2) is 8.26. The number of likely N-dealkylation sites (tertiary alicyclic amines) is 1. The maximum Gasteiger partial charge on any atom is 0.293 e. The number of nitro groups is 1. The van der Waals surface area contributed by atoms with Gasteiger partial charge in [0, 0.05) is 32.1 Å². The highest BCUT2D eigenvalue weighted by molar-refractivity contribution is 7.89. The molecule has 3 N–H and O–H groups in total. The van der Waals surface area contributed by atoms with Gasteiger partial charge in [0.2, 0.25) is 15.9 Å². The van der Waals surface area contributed by atoms with E-state index in [2.05, 4.69) is 5.32 Å². The van der Waals surface area contributed by atoms with E-state index < -0.39 is 14.9 Å². The molecule has 25 heavy (non-hydrogen) atoms. The van der Waals surface area contributed by atoms with Gasteiger partial charge in [-0.1, -0.05) is 6.42 Å². The van der Waals surface area contributed by atoms with E-state index in [0.29, 0.717) is 25.9 Å². The molecular formula is C15H22N4O5S. The fraction of sp³-hybridized carbons (Fsp3) is 0.533. The average molecular weight is 370 g/mol. The second-order valence-corrected chi connectivity index (χ2v) is 7.51. The number of carbonyl (C=O) groups excluding carboxylic acids is 1. The molecule has 1 fully saturated rings. The minimum absolute atomic E-state index is 0.154. The summed E-state index contributed by atoms with van der Waals surface area (Å²) in [6, 6.07) is 3.49. The third-order valence-electron chi connectivity index (χ3n) is 4.09. The van der Waals surface area contributed by atoms with E-state index in [1.807, 2.05) is 4.90 Å². The first-order chi connectivity index (χ1) is 11.8. The van der Waals surface area contributed by atoms with Crippen molar-refractivity contribution in [3.63, 3.8) is 0 Å². The van der Waals surface area contributed by atoms with Crippen LogP contribution in [0.5, 0.6) is 0 Å². The van der Waals surface area contributed by atoms with Crippen LogP contribution >= 0.6 is 0 Å². The van der Waals surface area contributed by atoms with E-state index in [9.17, 15) is 23.3 Å². The number of nitro benzene ring substituents is 1. The molecule has 1 aromatic carbocycles. The summed E-state index contributed by atoms with van der Waals surface area (Å²) in [4.78, 5) is 23.9. The van der Waals surface area contributed by atoms with Gasteiger partial charge in [0.15, 0.2) is 0 Å². The zero-order chi connectivity index (χ0) is 18.4. The molecule has 0 atom stereocenters. The van der Waals surface area contributed by atoms with E-state index in [1.54, 1.807) is 0 Å². The number of benzene rings is 1. The Labute approximate surface area is 146 Å². The number of primary sulfonamides is 1. The van der Waals surface area contributed by atoms with E-state index in [1.165, 1.54) is 12.1 Å². The van der Waals surface area contributed by atoms with Gasteiger partial charge in [0.25, 0.3) is 5.69 Å². The van der Waals surface area contributed by atoms with Crippen molar-refractivity contribution in [1.82, 2.24) is 4.90 Å². The molecule has 0 aliphatic carbocycles. The van der Waals surface area contributed by atoms with Crippen LogP contribution in [0.3, 0.4) is 0 Å². The standard InChI is InChI=1S/C15H22N4O5S/c16-25(23,24)12-6-7-13(14(11-12)19(21)22)17-8-4-10-18-9-3-1-2-5-15(18)20/h6-7,11,17H,1-5,8-10H2,(H2,16,23,24). The minimum Gasteiger partial charge on any atom is -0.379 e. The lowest BCUT2D eigenvalue weighted by molar-refractivity contribution is -0.384. The Hall–Kier alpha value is -2.20. The number of nitrogens with two attached hydrogens (primary N) is 1. The topological polar surface area (TPSA) is 136 Å². The third kappa shape index (κ3) is 5.40. The van der Waals surface area contributed by atoms with Gasteiger partial charge < -0.3 is 10.2 Å². The Morgan fingerprint density at radius 2 is 2.04 bits per heavy atom. The van der Waals surface area contributed by atoms with Crippen LogP contribution in [-0.2, 0) is 14.8 Å². The van der Waals surface area contributed by atoms with Crippen molar-refractivity contribution < 1.29 is 18.1 Å². The molecule has 0 bridgehead atoms. The van der Waals surface area contributed by atoms with Crippen molar-refractivity contribution in [3.8, 4) is 0 Å². The molecule has 1 amide bonds. The maximum absolute atomic E-state index is 11.9. The van der Waals surface area contributed by atoms with Crippen LogP contribution in [0.15, 0.2) is 23.1 Å². The summed E-state index contributed by atoms with van der Waals surface area (Å²) in [7, 11) is -4.00. The number of nitrogens with zero attached hydrogens (tertiary/aromatic N) is 2. The fourth-order valence-corrected chi connectivity index (χ4v) is 3.29. The molecule has 0 unspecified atom stereocenters. The summed E-state index contributed by atoms with van der Waals surface area (Å²) in [5.41, 5.74) is -0.128. The largest absolute Gasteiger partial charge is 0.379 e. The SMILES string of the molecule is NS(=O)(=O)c1ccc(NCCCN2CCCCCC2=O)c([N+](=O)[O-])c1. The molecule has 0 saturated carbocycles. The van der Waals surface area contributed by atoms with Gasteiger partial charge in [-0.2, -0.15) is 0 Å². The minimum atomic E-state index is -4.00. The highest BCUT2D eigenvalue weighted by Crippen LogP contribution is 2.27. The Bertz CT molecular complexity index is 750. The molecule has 0 radical (unpaired) electrons. The predicted octanol–water partition coefficient (Wildman–Crippen LogP) is 1.45. The first kappa shape index (κ1) is 19.1. The highest BCUT2D eigenvalue weighted by Gasteiger charge is 2.19. The van der Waals surface area contributed by atoms with Crippen molar-refractivity contribution in [3.05, 3.63) is 28.3 Å². The molecule has 1 aliphatic rings. The van der Waals surface area contributed by atoms with Gasteiger partial charge in [-0.15, -0.1) is 0 Å². The fourth-order valence-electron chi connectivity index (χ4n) is 2.76. The first-order valence-corrected chi connectivity index (χ1v) is 9.66. The smallest absolute Gasteiger partial charge is 0.293 e. The van der Waals surface area contributed by atoms with Gasteiger partial charge in [0.05, 0.1) is 9.82 Å². The summed E-state index contributed by atoms with van der Waals surface area (Å²) in [6.07, 6.45) is 4.20. The van der Waals surface area contributed by atoms with Gasteiger partial charge >= 0.3 is 0 Å². The van der Waals surface area contributed by atoms with Crippen molar-refractivity contribution in [2.45, 2.75) is 37.0 Å². The molecule has 0 aromatic heterocycles. The van der Waals surface area contributed by atoms with Crippen LogP contribution in [0.25, 0.3) is 0 Å². The average Bonchev–Trinajstić information content (AvgIpc) is 2.75. The third-order valence-corrected chi connectivity index (χ3v) is 5.00. The second-order valence-electron chi connectivity index (χ2n) is 5.95. The zero-order valence-corrected chi connectivity index (χ0v) is 14.6. The summed E-state index contributed by atoms with van der Waals surface area (Å²) in [5, 5.41) is 19.1. The molecule has 10 heteroatoms. The Balaban J connectivity index is 1.96. The van der Waals surface area contributed by atoms with Gasteiger partial charge in [0.1, 0.15) is 5.69 Å². The number of carbonyl (C=O) groups is 1. The summed E-state index contributed by atoms with van der Waals surface area (Å²) < 4.78 is 22.6. The molecule has 1 aromatic rings. The summed E-state index contributed by atoms with van der Waals surface area (Å²) in [6.45, 7) is 1.77. The number of anilines is 1. The van der Waals surface area contributed by atoms with Crippen molar-refractivity contribution >= 4 is 27.3 Å². The maximum atomic E-state index is 11.9. The Morgan fingerprint density at radius 3 is 2.72 bits per heavy atom. The Morgan fingerprint density at radius 1 is 1.28 bits per heavy atom. The lowest BCUT2D eigenvalue weighted by Gasteiger charge is -2.20. The zero-order valence-electron chi connectivity index (χ0n) is 13.8. The van der Waals surface area contributed by atoms with Crippen molar-refractivity contribution in [2.24, 2.45) is 5.14 Å². The van der Waals surface area contributed by atoms with Crippen molar-refractivity contribution in [2.75, 3.05) is 25.0 Å². The number of sulfonamides is 1. The molecular weight excluding hydrogens is 348 g/mol. The quantitative estimate of drug-likeness (QED) is 0.423. The Kier molecular flexibility index (Phi) is 6.32. The van der Waals surface area contributed by atoms with E-state index in [-0.39, 0.29) is 22.2 Å². The van der Waals surface area contributed by atoms with E-state index >= 15 is 0 Å². The van der Waals surface area contributed by atoms with Crippen molar-refractivity contribution in [1.29, 1.82) is 0 Å². The molecule has 1 heterocycles. The summed E-state index contributed by atoms with van der Waals surface area (Å²) >= 11 is 0. The predicted molar refractivity (Wildman–Crippen MR) is 92.6 cm³/mol. The number of hydrogen-bond acceptors (Lipinski definition) is 6. The lowest BCUT2D eigenvalue weighted by Crippen LogP contribution is -2.32. The van der Waals surface area contributed by atoms with Crippen LogP contribution in [0.4, 0.5) is 11.4 Å². The highest BCUT2D eigenvalue weighted by atomic mass is 32.2. The van der Waals surface area contributed by atoms with Gasteiger partial charge in [-0.05, 0) is 31.4 Å².